The number of aryl methyl sites for hydroxylation is 2. The van der Waals surface area contributed by atoms with Gasteiger partial charge in [-0.25, -0.2) is 0 Å². The van der Waals surface area contributed by atoms with E-state index < -0.39 is 0 Å². The van der Waals surface area contributed by atoms with E-state index in [2.05, 4.69) is 21.6 Å². The maximum Gasteiger partial charge on any atom is 0.258 e. The van der Waals surface area contributed by atoms with Crippen LogP contribution in [-0.2, 0) is 10.5 Å². The molecule has 2 heterocycles. The van der Waals surface area contributed by atoms with Crippen LogP contribution in [0.3, 0.4) is 0 Å². The Bertz CT molecular complexity index is 1430. The summed E-state index contributed by atoms with van der Waals surface area (Å²) in [5.74, 6) is 0.499. The fourth-order valence-corrected chi connectivity index (χ4v) is 6.33. The number of rotatable bonds is 7. The molecule has 3 aromatic carbocycles. The summed E-state index contributed by atoms with van der Waals surface area (Å²) < 4.78 is 0. The molecule has 0 radical (unpaired) electrons. The zero-order chi connectivity index (χ0) is 25.9. The molecule has 1 N–H and O–H groups in total. The lowest BCUT2D eigenvalue weighted by molar-refractivity contribution is -0.117. The summed E-state index contributed by atoms with van der Waals surface area (Å²) in [6.45, 7) is 4.61. The van der Waals surface area contributed by atoms with E-state index in [-0.39, 0.29) is 17.7 Å². The van der Waals surface area contributed by atoms with Gasteiger partial charge in [0, 0.05) is 40.2 Å². The Hall–Kier alpha value is -3.20. The number of carbonyl (C=O) groups excluding carboxylic acids is 2. The summed E-state index contributed by atoms with van der Waals surface area (Å²) in [5.41, 5.74) is 4.86. The molecule has 1 saturated heterocycles. The molecule has 0 aliphatic carbocycles. The maximum absolute atomic E-state index is 13.1. The number of hydrogen-bond acceptors (Lipinski definition) is 6. The lowest BCUT2D eigenvalue weighted by atomic mass is 10.1. The van der Waals surface area contributed by atoms with Crippen molar-refractivity contribution in [3.05, 3.63) is 99.0 Å². The van der Waals surface area contributed by atoms with Crippen molar-refractivity contribution >= 4 is 57.3 Å². The molecule has 0 saturated carbocycles. The molecule has 1 aliphatic heterocycles. The van der Waals surface area contributed by atoms with Crippen LogP contribution in [0.5, 0.6) is 0 Å². The van der Waals surface area contributed by atoms with E-state index >= 15 is 0 Å². The highest BCUT2D eigenvalue weighted by atomic mass is 35.5. The van der Waals surface area contributed by atoms with Gasteiger partial charge in [0.2, 0.25) is 11.0 Å². The van der Waals surface area contributed by atoms with E-state index in [0.29, 0.717) is 28.7 Å². The molecule has 4 aromatic rings. The number of thioether (sulfide) groups is 1. The van der Waals surface area contributed by atoms with E-state index in [9.17, 15) is 9.59 Å². The Kier molecular flexibility index (Phi) is 7.60. The highest BCUT2D eigenvalue weighted by Crippen LogP contribution is 2.35. The largest absolute Gasteiger partial charge is 0.312 e. The van der Waals surface area contributed by atoms with E-state index in [1.807, 2.05) is 73.3 Å². The highest BCUT2D eigenvalue weighted by molar-refractivity contribution is 7.98. The van der Waals surface area contributed by atoms with Gasteiger partial charge in [-0.15, -0.1) is 22.0 Å². The molecule has 1 aliphatic rings. The molecule has 188 valence electrons. The summed E-state index contributed by atoms with van der Waals surface area (Å²) in [6.07, 6.45) is 0.375. The van der Waals surface area contributed by atoms with Crippen molar-refractivity contribution in [2.24, 2.45) is 0 Å². The Morgan fingerprint density at radius 1 is 1.08 bits per heavy atom. The van der Waals surface area contributed by atoms with Gasteiger partial charge in [0.1, 0.15) is 5.01 Å². The molecule has 6 nitrogen and oxygen atoms in total. The number of anilines is 2. The number of amides is 2. The highest BCUT2D eigenvalue weighted by Gasteiger charge is 2.34. The number of halogens is 1. The van der Waals surface area contributed by atoms with E-state index in [0.717, 1.165) is 38.0 Å². The summed E-state index contributed by atoms with van der Waals surface area (Å²) in [4.78, 5) is 28.6. The third-order valence-electron chi connectivity index (χ3n) is 6.09. The predicted molar refractivity (Wildman–Crippen MR) is 151 cm³/mol. The van der Waals surface area contributed by atoms with Gasteiger partial charge in [-0.2, -0.15) is 0 Å². The SMILES string of the molecule is Cc1cc(C)cc(N2CC(c3nnc(NC(=O)c4ccccc4SCc4ccc(Cl)cc4)s3)CC2=O)c1. The van der Waals surface area contributed by atoms with Crippen molar-refractivity contribution in [3.63, 3.8) is 0 Å². The third kappa shape index (κ3) is 6.04. The molecule has 2 amide bonds. The molecule has 5 rings (SSSR count). The minimum absolute atomic E-state index is 0.0568. The number of carbonyl (C=O) groups is 2. The van der Waals surface area contributed by atoms with Crippen LogP contribution in [0.2, 0.25) is 5.02 Å². The fraction of sp³-hybridized carbons (Fsp3) is 0.214. The van der Waals surface area contributed by atoms with Gasteiger partial charge < -0.3 is 4.90 Å². The standard InChI is InChI=1S/C28H25ClN4O2S2/c1-17-11-18(2)13-22(12-17)33-15-20(14-25(33)34)27-31-32-28(37-27)30-26(35)23-5-3-4-6-24(23)36-16-19-7-9-21(29)10-8-19/h3-13,20H,14-16H2,1-2H3,(H,30,32,35). The van der Waals surface area contributed by atoms with Crippen LogP contribution in [0.15, 0.2) is 71.6 Å². The number of nitrogens with zero attached hydrogens (tertiary/aromatic N) is 3. The van der Waals surface area contributed by atoms with Crippen molar-refractivity contribution in [2.45, 2.75) is 36.8 Å². The van der Waals surface area contributed by atoms with Gasteiger partial charge in [0.05, 0.1) is 5.56 Å². The van der Waals surface area contributed by atoms with Crippen LogP contribution in [0, 0.1) is 13.8 Å². The van der Waals surface area contributed by atoms with Crippen LogP contribution in [-0.4, -0.2) is 28.6 Å². The summed E-state index contributed by atoms with van der Waals surface area (Å²) >= 11 is 8.90. The molecule has 37 heavy (non-hydrogen) atoms. The number of nitrogens with one attached hydrogen (secondary N) is 1. The number of aromatic nitrogens is 2. The van der Waals surface area contributed by atoms with Gasteiger partial charge in [0.25, 0.3) is 5.91 Å². The van der Waals surface area contributed by atoms with Crippen molar-refractivity contribution in [1.82, 2.24) is 10.2 Å². The first-order valence-electron chi connectivity index (χ1n) is 11.9. The van der Waals surface area contributed by atoms with Crippen LogP contribution < -0.4 is 10.2 Å². The molecule has 1 unspecified atom stereocenters. The fourth-order valence-electron chi connectivity index (χ4n) is 4.37. The summed E-state index contributed by atoms with van der Waals surface area (Å²) in [6, 6.07) is 21.3. The zero-order valence-corrected chi connectivity index (χ0v) is 22.8. The minimum Gasteiger partial charge on any atom is -0.312 e. The van der Waals surface area contributed by atoms with Gasteiger partial charge in [-0.05, 0) is 66.9 Å². The Morgan fingerprint density at radius 2 is 1.81 bits per heavy atom. The molecular weight excluding hydrogens is 524 g/mol. The maximum atomic E-state index is 13.1. The number of hydrogen-bond donors (Lipinski definition) is 1. The molecule has 1 fully saturated rings. The third-order valence-corrected chi connectivity index (χ3v) is 8.49. The summed E-state index contributed by atoms with van der Waals surface area (Å²) in [7, 11) is 0. The van der Waals surface area contributed by atoms with E-state index in [1.165, 1.54) is 11.3 Å². The molecular formula is C28H25ClN4O2S2. The smallest absolute Gasteiger partial charge is 0.258 e. The quantitative estimate of drug-likeness (QED) is 0.255. The average molecular weight is 549 g/mol. The van der Waals surface area contributed by atoms with Gasteiger partial charge in [-0.1, -0.05) is 53.3 Å². The average Bonchev–Trinajstić information content (AvgIpc) is 3.49. The van der Waals surface area contributed by atoms with Crippen molar-refractivity contribution in [3.8, 4) is 0 Å². The molecule has 9 heteroatoms. The van der Waals surface area contributed by atoms with Gasteiger partial charge in [0.15, 0.2) is 0 Å². The van der Waals surface area contributed by atoms with E-state index in [4.69, 9.17) is 11.6 Å². The molecule has 1 aromatic heterocycles. The molecule has 1 atom stereocenters. The second-order valence-electron chi connectivity index (χ2n) is 9.06. The minimum atomic E-state index is -0.235. The normalized spacial score (nSPS) is 15.3. The Balaban J connectivity index is 1.25. The van der Waals surface area contributed by atoms with Crippen LogP contribution in [0.1, 0.15) is 44.4 Å². The molecule has 0 spiro atoms. The predicted octanol–water partition coefficient (Wildman–Crippen LogP) is 6.87. The first-order valence-corrected chi connectivity index (χ1v) is 14.0. The Morgan fingerprint density at radius 3 is 2.57 bits per heavy atom. The summed E-state index contributed by atoms with van der Waals surface area (Å²) in [5, 5.41) is 13.3. The first-order chi connectivity index (χ1) is 17.9. The number of benzene rings is 3. The first kappa shape index (κ1) is 25.4. The van der Waals surface area contributed by atoms with Crippen LogP contribution in [0.4, 0.5) is 10.8 Å². The zero-order valence-electron chi connectivity index (χ0n) is 20.4. The lowest BCUT2D eigenvalue weighted by Crippen LogP contribution is -2.24. The second-order valence-corrected chi connectivity index (χ2v) is 11.5. The van der Waals surface area contributed by atoms with Gasteiger partial charge in [-0.3, -0.25) is 14.9 Å². The van der Waals surface area contributed by atoms with E-state index in [1.54, 1.807) is 17.8 Å². The van der Waals surface area contributed by atoms with Gasteiger partial charge >= 0.3 is 0 Å². The molecule has 0 bridgehead atoms. The van der Waals surface area contributed by atoms with Crippen LogP contribution >= 0.6 is 34.7 Å². The lowest BCUT2D eigenvalue weighted by Gasteiger charge is -2.17. The van der Waals surface area contributed by atoms with Crippen molar-refractivity contribution in [1.29, 1.82) is 0 Å². The van der Waals surface area contributed by atoms with Crippen LogP contribution in [0.25, 0.3) is 0 Å². The Labute approximate surface area is 229 Å². The monoisotopic (exact) mass is 548 g/mol. The topological polar surface area (TPSA) is 75.2 Å². The second kappa shape index (κ2) is 11.0. The van der Waals surface area contributed by atoms with Crippen molar-refractivity contribution in [2.75, 3.05) is 16.8 Å². The van der Waals surface area contributed by atoms with Crippen molar-refractivity contribution < 1.29 is 9.59 Å².